The van der Waals surface area contributed by atoms with Crippen molar-refractivity contribution >= 4 is 11.6 Å². The van der Waals surface area contributed by atoms with Gasteiger partial charge >= 0.3 is 0 Å². The van der Waals surface area contributed by atoms with E-state index in [9.17, 15) is 9.18 Å². The topological polar surface area (TPSA) is 55.1 Å². The number of nitrogens with two attached hydrogens (primary N) is 1. The summed E-state index contributed by atoms with van der Waals surface area (Å²) in [6.45, 7) is 2.18. The van der Waals surface area contributed by atoms with E-state index >= 15 is 0 Å². The first-order valence-corrected chi connectivity index (χ1v) is 6.42. The Bertz CT molecular complexity index is 447. The Labute approximate surface area is 107 Å². The second-order valence-electron chi connectivity index (χ2n) is 5.18. The molecule has 1 saturated carbocycles. The third kappa shape index (κ3) is 3.00. The van der Waals surface area contributed by atoms with Crippen molar-refractivity contribution in [2.24, 2.45) is 5.92 Å². The number of hydrogen-bond donors (Lipinski definition) is 2. The maximum Gasteiger partial charge on any atom is 0.254 e. The fourth-order valence-corrected chi connectivity index (χ4v) is 2.55. The highest BCUT2D eigenvalue weighted by Crippen LogP contribution is 2.24. The Morgan fingerprint density at radius 2 is 2.22 bits per heavy atom. The van der Waals surface area contributed by atoms with E-state index in [1.54, 1.807) is 0 Å². The summed E-state index contributed by atoms with van der Waals surface area (Å²) in [5, 5.41) is 2.90. The lowest BCUT2D eigenvalue weighted by atomic mass is 9.87. The minimum Gasteiger partial charge on any atom is -0.399 e. The molecule has 0 radical (unpaired) electrons. The molecule has 2 rings (SSSR count). The Hall–Kier alpha value is -1.58. The molecule has 18 heavy (non-hydrogen) atoms. The van der Waals surface area contributed by atoms with E-state index in [1.807, 2.05) is 0 Å². The van der Waals surface area contributed by atoms with Crippen molar-refractivity contribution < 1.29 is 9.18 Å². The number of carbonyl (C=O) groups is 1. The number of nitrogen functional groups attached to an aromatic ring is 1. The molecule has 1 aromatic rings. The van der Waals surface area contributed by atoms with Crippen LogP contribution in [0.4, 0.5) is 10.1 Å². The van der Waals surface area contributed by atoms with Crippen LogP contribution >= 0.6 is 0 Å². The molecule has 1 amide bonds. The zero-order chi connectivity index (χ0) is 13.1. The third-order valence-electron chi connectivity index (χ3n) is 3.51. The fraction of sp³-hybridized carbons (Fsp3) is 0.500. The highest BCUT2D eigenvalue weighted by Gasteiger charge is 2.22. The predicted molar refractivity (Wildman–Crippen MR) is 69.7 cm³/mol. The van der Waals surface area contributed by atoms with E-state index in [0.717, 1.165) is 19.3 Å². The highest BCUT2D eigenvalue weighted by molar-refractivity contribution is 5.95. The average molecular weight is 250 g/mol. The standard InChI is InChI=1S/C14H19FN2O/c1-9-3-2-4-11(7-9)17-14(18)12-8-10(16)5-6-13(12)15/h5-6,8-9,11H,2-4,7,16H2,1H3,(H,17,18). The molecule has 1 fully saturated rings. The van der Waals surface area contributed by atoms with Crippen LogP contribution < -0.4 is 11.1 Å². The Kier molecular flexibility index (Phi) is 3.84. The molecule has 3 N–H and O–H groups in total. The van der Waals surface area contributed by atoms with Crippen LogP contribution in [0.3, 0.4) is 0 Å². The van der Waals surface area contributed by atoms with Crippen LogP contribution in [0.5, 0.6) is 0 Å². The van der Waals surface area contributed by atoms with Crippen LogP contribution in [0.2, 0.25) is 0 Å². The third-order valence-corrected chi connectivity index (χ3v) is 3.51. The summed E-state index contributed by atoms with van der Waals surface area (Å²) in [5.74, 6) is -0.265. The molecule has 0 aliphatic heterocycles. The van der Waals surface area contributed by atoms with Crippen molar-refractivity contribution in [1.82, 2.24) is 5.32 Å². The normalized spacial score (nSPS) is 23.7. The summed E-state index contributed by atoms with van der Waals surface area (Å²) in [5.41, 5.74) is 6.01. The largest absolute Gasteiger partial charge is 0.399 e. The zero-order valence-corrected chi connectivity index (χ0v) is 10.6. The molecule has 0 heterocycles. The van der Waals surface area contributed by atoms with E-state index in [-0.39, 0.29) is 17.5 Å². The molecule has 0 saturated heterocycles. The van der Waals surface area contributed by atoms with Gasteiger partial charge in [-0.3, -0.25) is 4.79 Å². The summed E-state index contributed by atoms with van der Waals surface area (Å²) in [4.78, 5) is 12.0. The first-order valence-electron chi connectivity index (χ1n) is 6.42. The first-order chi connectivity index (χ1) is 8.56. The highest BCUT2D eigenvalue weighted by atomic mass is 19.1. The van der Waals surface area contributed by atoms with Crippen LogP contribution in [-0.2, 0) is 0 Å². The van der Waals surface area contributed by atoms with Gasteiger partial charge in [0.05, 0.1) is 5.56 Å². The van der Waals surface area contributed by atoms with Gasteiger partial charge in [0.15, 0.2) is 0 Å². The van der Waals surface area contributed by atoms with E-state index in [1.165, 1.54) is 24.6 Å². The molecule has 98 valence electrons. The maximum absolute atomic E-state index is 13.5. The number of nitrogens with one attached hydrogen (secondary N) is 1. The molecule has 2 atom stereocenters. The van der Waals surface area contributed by atoms with Crippen molar-refractivity contribution in [3.8, 4) is 0 Å². The van der Waals surface area contributed by atoms with Crippen LogP contribution in [0.25, 0.3) is 0 Å². The van der Waals surface area contributed by atoms with Gasteiger partial charge in [0.2, 0.25) is 0 Å². The zero-order valence-electron chi connectivity index (χ0n) is 10.6. The van der Waals surface area contributed by atoms with Crippen molar-refractivity contribution in [1.29, 1.82) is 0 Å². The number of amides is 1. The van der Waals surface area contributed by atoms with E-state index < -0.39 is 5.82 Å². The van der Waals surface area contributed by atoms with Crippen molar-refractivity contribution in [2.75, 3.05) is 5.73 Å². The van der Waals surface area contributed by atoms with E-state index in [2.05, 4.69) is 12.2 Å². The lowest BCUT2D eigenvalue weighted by molar-refractivity contribution is 0.0917. The van der Waals surface area contributed by atoms with Gasteiger partial charge in [-0.05, 0) is 37.0 Å². The molecule has 2 unspecified atom stereocenters. The molecular weight excluding hydrogens is 231 g/mol. The molecule has 1 aliphatic carbocycles. The van der Waals surface area contributed by atoms with Crippen LogP contribution in [0.1, 0.15) is 43.0 Å². The molecule has 3 nitrogen and oxygen atoms in total. The monoisotopic (exact) mass is 250 g/mol. The van der Waals surface area contributed by atoms with Crippen molar-refractivity contribution in [3.63, 3.8) is 0 Å². The summed E-state index contributed by atoms with van der Waals surface area (Å²) in [7, 11) is 0. The van der Waals surface area contributed by atoms with Crippen molar-refractivity contribution in [2.45, 2.75) is 38.6 Å². The Morgan fingerprint density at radius 3 is 2.94 bits per heavy atom. The average Bonchev–Trinajstić information content (AvgIpc) is 2.32. The second-order valence-corrected chi connectivity index (χ2v) is 5.18. The number of rotatable bonds is 2. The van der Waals surface area contributed by atoms with Crippen LogP contribution in [0, 0.1) is 11.7 Å². The minimum absolute atomic E-state index is 0.0354. The fourth-order valence-electron chi connectivity index (χ4n) is 2.55. The Balaban J connectivity index is 2.05. The maximum atomic E-state index is 13.5. The lowest BCUT2D eigenvalue weighted by Gasteiger charge is -2.27. The summed E-state index contributed by atoms with van der Waals surface area (Å²) in [6.07, 6.45) is 4.26. The number of anilines is 1. The van der Waals surface area contributed by atoms with Crippen LogP contribution in [-0.4, -0.2) is 11.9 Å². The summed E-state index contributed by atoms with van der Waals surface area (Å²) >= 11 is 0. The van der Waals surface area contributed by atoms with Gasteiger partial charge in [0.25, 0.3) is 5.91 Å². The van der Waals surface area contributed by atoms with Gasteiger partial charge in [-0.25, -0.2) is 4.39 Å². The van der Waals surface area contributed by atoms with Gasteiger partial charge in [0.1, 0.15) is 5.82 Å². The summed E-state index contributed by atoms with van der Waals surface area (Å²) < 4.78 is 13.5. The van der Waals surface area contributed by atoms with Gasteiger partial charge in [-0.15, -0.1) is 0 Å². The number of benzene rings is 1. The predicted octanol–water partition coefficient (Wildman–Crippen LogP) is 2.72. The number of hydrogen-bond acceptors (Lipinski definition) is 2. The van der Waals surface area contributed by atoms with E-state index in [4.69, 9.17) is 5.73 Å². The molecule has 1 aromatic carbocycles. The van der Waals surface area contributed by atoms with Gasteiger partial charge in [0, 0.05) is 11.7 Å². The van der Waals surface area contributed by atoms with Gasteiger partial charge in [-0.2, -0.15) is 0 Å². The molecule has 0 spiro atoms. The second kappa shape index (κ2) is 5.38. The molecule has 4 heteroatoms. The SMILES string of the molecule is CC1CCCC(NC(=O)c2cc(N)ccc2F)C1. The smallest absolute Gasteiger partial charge is 0.254 e. The van der Waals surface area contributed by atoms with Gasteiger partial charge < -0.3 is 11.1 Å². The lowest BCUT2D eigenvalue weighted by Crippen LogP contribution is -2.38. The minimum atomic E-state index is -0.523. The molecule has 1 aliphatic rings. The van der Waals surface area contributed by atoms with E-state index in [0.29, 0.717) is 11.6 Å². The number of halogens is 1. The first kappa shape index (κ1) is 12.9. The Morgan fingerprint density at radius 1 is 1.44 bits per heavy atom. The number of carbonyl (C=O) groups excluding carboxylic acids is 1. The van der Waals surface area contributed by atoms with Gasteiger partial charge in [-0.1, -0.05) is 19.8 Å². The molecule has 0 bridgehead atoms. The van der Waals surface area contributed by atoms with Crippen molar-refractivity contribution in [3.05, 3.63) is 29.6 Å². The summed E-state index contributed by atoms with van der Waals surface area (Å²) in [6, 6.07) is 4.22. The molecule has 0 aromatic heterocycles. The quantitative estimate of drug-likeness (QED) is 0.793. The van der Waals surface area contributed by atoms with Crippen LogP contribution in [0.15, 0.2) is 18.2 Å². The molecular formula is C14H19FN2O.